The molecule has 1 aliphatic heterocycles. The van der Waals surface area contributed by atoms with Gasteiger partial charge in [0.15, 0.2) is 0 Å². The highest BCUT2D eigenvalue weighted by Crippen LogP contribution is 2.37. The molecule has 0 saturated carbocycles. The molecule has 3 N–H and O–H groups in total. The van der Waals surface area contributed by atoms with Crippen LogP contribution in [-0.4, -0.2) is 36.0 Å². The zero-order chi connectivity index (χ0) is 25.4. The van der Waals surface area contributed by atoms with Gasteiger partial charge < -0.3 is 25.4 Å². The zero-order valence-corrected chi connectivity index (χ0v) is 20.7. The van der Waals surface area contributed by atoms with Crippen molar-refractivity contribution in [2.75, 3.05) is 22.6 Å². The molecule has 0 spiro atoms. The average Bonchev–Trinajstić information content (AvgIpc) is 2.81. The fourth-order valence-corrected chi connectivity index (χ4v) is 4.38. The number of hydrogen-bond donors (Lipinski definition) is 3. The molecule has 0 fully saturated rings. The van der Waals surface area contributed by atoms with Crippen LogP contribution in [0, 0.1) is 5.92 Å². The predicted molar refractivity (Wildman–Crippen MR) is 137 cm³/mol. The number of amides is 2. The number of unbranched alkanes of at least 4 members (excludes halogenated alkanes) is 3. The van der Waals surface area contributed by atoms with E-state index in [0.717, 1.165) is 29.8 Å². The maximum atomic E-state index is 13.0. The zero-order valence-electron chi connectivity index (χ0n) is 20.7. The highest BCUT2D eigenvalue weighted by molar-refractivity contribution is 6.05. The van der Waals surface area contributed by atoms with E-state index in [1.807, 2.05) is 50.2 Å². The number of anilines is 3. The van der Waals surface area contributed by atoms with Crippen molar-refractivity contribution < 1.29 is 24.2 Å². The van der Waals surface area contributed by atoms with Crippen molar-refractivity contribution in [1.29, 1.82) is 0 Å². The first-order valence-electron chi connectivity index (χ1n) is 12.1. The Balaban J connectivity index is 1.67. The monoisotopic (exact) mass is 481 g/mol. The van der Waals surface area contributed by atoms with Crippen LogP contribution >= 0.6 is 0 Å². The molecule has 8 heteroatoms. The Labute approximate surface area is 206 Å². The Morgan fingerprint density at radius 1 is 1.06 bits per heavy atom. The van der Waals surface area contributed by atoms with Crippen molar-refractivity contribution in [2.24, 2.45) is 5.92 Å². The van der Waals surface area contributed by atoms with Gasteiger partial charge >= 0.3 is 5.97 Å². The number of carbonyl (C=O) groups is 3. The molecule has 0 unspecified atom stereocenters. The van der Waals surface area contributed by atoms with Gasteiger partial charge in [-0.3, -0.25) is 14.4 Å². The van der Waals surface area contributed by atoms with E-state index in [-0.39, 0.29) is 30.2 Å². The molecule has 1 atom stereocenters. The number of fused-ring (bicyclic) bond motifs is 1. The largest absolute Gasteiger partial charge is 0.497 e. The van der Waals surface area contributed by atoms with E-state index in [1.165, 1.54) is 0 Å². The third-order valence-corrected chi connectivity index (χ3v) is 6.14. The van der Waals surface area contributed by atoms with Gasteiger partial charge in [-0.1, -0.05) is 38.8 Å². The van der Waals surface area contributed by atoms with Gasteiger partial charge in [-0.2, -0.15) is 0 Å². The minimum Gasteiger partial charge on any atom is -0.497 e. The highest BCUT2D eigenvalue weighted by atomic mass is 16.5. The molecule has 0 saturated heterocycles. The average molecular weight is 482 g/mol. The minimum atomic E-state index is -0.787. The van der Waals surface area contributed by atoms with Crippen molar-refractivity contribution in [2.45, 2.75) is 65.0 Å². The molecule has 8 nitrogen and oxygen atoms in total. The van der Waals surface area contributed by atoms with E-state index in [0.29, 0.717) is 37.2 Å². The van der Waals surface area contributed by atoms with Gasteiger partial charge in [0.2, 0.25) is 11.8 Å². The number of ether oxygens (including phenoxy) is 1. The van der Waals surface area contributed by atoms with Gasteiger partial charge in [-0.05, 0) is 54.7 Å². The molecule has 0 radical (unpaired) electrons. The summed E-state index contributed by atoms with van der Waals surface area (Å²) in [4.78, 5) is 38.0. The molecule has 188 valence electrons. The lowest BCUT2D eigenvalue weighted by molar-refractivity contribution is -0.137. The lowest BCUT2D eigenvalue weighted by atomic mass is 9.96. The summed E-state index contributed by atoms with van der Waals surface area (Å²) in [6.45, 7) is 4.64. The Hall–Kier alpha value is -3.55. The van der Waals surface area contributed by atoms with Crippen LogP contribution in [-0.2, 0) is 20.9 Å². The minimum absolute atomic E-state index is 0.0640. The second-order valence-corrected chi connectivity index (χ2v) is 9.24. The molecule has 2 aromatic rings. The smallest absolute Gasteiger partial charge is 0.303 e. The Bertz CT molecular complexity index is 1040. The first-order chi connectivity index (χ1) is 16.8. The molecular formula is C27H35N3O5. The number of nitrogens with zero attached hydrogens (tertiary/aromatic N) is 1. The maximum absolute atomic E-state index is 13.0. The molecule has 3 rings (SSSR count). The number of nitrogens with one attached hydrogen (secondary N) is 2. The number of carbonyl (C=O) groups excluding carboxylic acids is 2. The second kappa shape index (κ2) is 12.2. The maximum Gasteiger partial charge on any atom is 0.303 e. The summed E-state index contributed by atoms with van der Waals surface area (Å²) in [6, 6.07) is 13.1. The van der Waals surface area contributed by atoms with Crippen LogP contribution in [0.2, 0.25) is 0 Å². The van der Waals surface area contributed by atoms with Crippen LogP contribution in [0.4, 0.5) is 17.1 Å². The van der Waals surface area contributed by atoms with Crippen LogP contribution in [0.5, 0.6) is 5.75 Å². The van der Waals surface area contributed by atoms with Crippen LogP contribution in [0.3, 0.4) is 0 Å². The summed E-state index contributed by atoms with van der Waals surface area (Å²) in [5, 5.41) is 14.6. The fraction of sp³-hybridized carbons (Fsp3) is 0.444. The topological polar surface area (TPSA) is 108 Å². The molecular weight excluding hydrogens is 446 g/mol. The van der Waals surface area contributed by atoms with E-state index < -0.39 is 5.97 Å². The van der Waals surface area contributed by atoms with Crippen molar-refractivity contribution >= 4 is 34.8 Å². The molecule has 1 aliphatic rings. The third kappa shape index (κ3) is 7.21. The highest BCUT2D eigenvalue weighted by Gasteiger charge is 2.35. The molecule has 35 heavy (non-hydrogen) atoms. The summed E-state index contributed by atoms with van der Waals surface area (Å²) >= 11 is 0. The second-order valence-electron chi connectivity index (χ2n) is 9.24. The number of carboxylic acid groups (broad SMARTS) is 1. The Morgan fingerprint density at radius 3 is 2.37 bits per heavy atom. The normalized spacial score (nSPS) is 14.9. The number of aliphatic carboxylic acids is 1. The molecule has 2 aromatic carbocycles. The van der Waals surface area contributed by atoms with Gasteiger partial charge in [0.1, 0.15) is 11.8 Å². The van der Waals surface area contributed by atoms with E-state index in [1.54, 1.807) is 13.2 Å². The van der Waals surface area contributed by atoms with E-state index in [9.17, 15) is 14.4 Å². The van der Waals surface area contributed by atoms with E-state index in [4.69, 9.17) is 9.84 Å². The predicted octanol–water partition coefficient (Wildman–Crippen LogP) is 5.04. The first-order valence-corrected chi connectivity index (χ1v) is 12.1. The third-order valence-electron chi connectivity index (χ3n) is 6.14. The Kier molecular flexibility index (Phi) is 9.11. The van der Waals surface area contributed by atoms with E-state index >= 15 is 0 Å². The number of rotatable bonds is 12. The number of methoxy groups -OCH3 is 1. The SMILES string of the molecule is COc1ccc(CN2c3ccc(NC(=O)CCCCCCC(=O)O)cc3NC(=O)[C@H]2C(C)C)cc1. The quantitative estimate of drug-likeness (QED) is 0.367. The van der Waals surface area contributed by atoms with Crippen molar-refractivity contribution in [1.82, 2.24) is 0 Å². The summed E-state index contributed by atoms with van der Waals surface area (Å²) in [6.07, 6.45) is 3.49. The standard InChI is InChI=1S/C27H35N3O5/c1-18(2)26-27(34)29-22-16-20(28-24(31)8-6-4-5-7-9-25(32)33)12-15-23(22)30(26)17-19-10-13-21(35-3)14-11-19/h10-16,18,26H,4-9,17H2,1-3H3,(H,28,31)(H,29,34)(H,32,33)/t26-/m1/s1. The summed E-state index contributed by atoms with van der Waals surface area (Å²) in [7, 11) is 1.63. The first kappa shape index (κ1) is 26.1. The van der Waals surface area contributed by atoms with Crippen molar-refractivity contribution in [3.05, 3.63) is 48.0 Å². The van der Waals surface area contributed by atoms with Crippen LogP contribution in [0.25, 0.3) is 0 Å². The summed E-state index contributed by atoms with van der Waals surface area (Å²) < 4.78 is 5.25. The lowest BCUT2D eigenvalue weighted by Crippen LogP contribution is -2.50. The van der Waals surface area contributed by atoms with Gasteiger partial charge in [0, 0.05) is 25.1 Å². The van der Waals surface area contributed by atoms with Crippen LogP contribution < -0.4 is 20.3 Å². The van der Waals surface area contributed by atoms with Gasteiger partial charge in [-0.25, -0.2) is 0 Å². The summed E-state index contributed by atoms with van der Waals surface area (Å²) in [5.74, 6) is -0.0568. The number of benzene rings is 2. The Morgan fingerprint density at radius 2 is 1.74 bits per heavy atom. The lowest BCUT2D eigenvalue weighted by Gasteiger charge is -2.40. The molecule has 0 aliphatic carbocycles. The summed E-state index contributed by atoms with van der Waals surface area (Å²) in [5.41, 5.74) is 3.28. The molecule has 1 heterocycles. The van der Waals surface area contributed by atoms with Crippen LogP contribution in [0.15, 0.2) is 42.5 Å². The van der Waals surface area contributed by atoms with Crippen LogP contribution in [0.1, 0.15) is 57.9 Å². The van der Waals surface area contributed by atoms with Gasteiger partial charge in [0.25, 0.3) is 0 Å². The van der Waals surface area contributed by atoms with Crippen molar-refractivity contribution in [3.63, 3.8) is 0 Å². The molecule has 0 aromatic heterocycles. The van der Waals surface area contributed by atoms with E-state index in [2.05, 4.69) is 15.5 Å². The van der Waals surface area contributed by atoms with Gasteiger partial charge in [0.05, 0.1) is 18.5 Å². The van der Waals surface area contributed by atoms with Crippen molar-refractivity contribution in [3.8, 4) is 5.75 Å². The molecule has 2 amide bonds. The fourth-order valence-electron chi connectivity index (χ4n) is 4.38. The van der Waals surface area contributed by atoms with Gasteiger partial charge in [-0.15, -0.1) is 0 Å². The molecule has 0 bridgehead atoms. The number of carboxylic acids is 1. The number of hydrogen-bond acceptors (Lipinski definition) is 5.